The lowest BCUT2D eigenvalue weighted by Gasteiger charge is -2.05. The molecule has 2 aromatic rings. The molecule has 0 saturated heterocycles. The molecular weight excluding hydrogens is 260 g/mol. The Hall–Kier alpha value is -1.88. The molecule has 1 N–H and O–H groups in total. The number of fused-ring (bicyclic) bond motifs is 1. The van der Waals surface area contributed by atoms with Crippen molar-refractivity contribution in [2.45, 2.75) is 19.3 Å². The zero-order valence-corrected chi connectivity index (χ0v) is 11.4. The normalized spacial score (nSPS) is 13.1. The van der Waals surface area contributed by atoms with Crippen LogP contribution in [0.2, 0.25) is 0 Å². The summed E-state index contributed by atoms with van der Waals surface area (Å²) in [5.41, 5.74) is 4.22. The number of nitrogens with one attached hydrogen (secondary N) is 1. The van der Waals surface area contributed by atoms with Crippen molar-refractivity contribution in [3.63, 3.8) is 0 Å². The van der Waals surface area contributed by atoms with Crippen molar-refractivity contribution in [3.8, 4) is 0 Å². The average Bonchev–Trinajstić information content (AvgIpc) is 3.06. The molecule has 19 heavy (non-hydrogen) atoms. The van der Waals surface area contributed by atoms with Crippen LogP contribution in [0.4, 0.5) is 10.8 Å². The van der Waals surface area contributed by atoms with Gasteiger partial charge in [0.05, 0.1) is 7.11 Å². The number of aromatic nitrogens is 1. The molecule has 0 atom stereocenters. The van der Waals surface area contributed by atoms with Crippen molar-refractivity contribution in [1.29, 1.82) is 0 Å². The highest BCUT2D eigenvalue weighted by Gasteiger charge is 2.13. The first kappa shape index (κ1) is 12.2. The topological polar surface area (TPSA) is 51.2 Å². The smallest absolute Gasteiger partial charge is 0.357 e. The number of hydrogen-bond donors (Lipinski definition) is 1. The zero-order valence-electron chi connectivity index (χ0n) is 10.6. The van der Waals surface area contributed by atoms with Crippen molar-refractivity contribution in [2.75, 3.05) is 12.4 Å². The van der Waals surface area contributed by atoms with Gasteiger partial charge in [-0.1, -0.05) is 6.07 Å². The molecule has 0 aliphatic heterocycles. The van der Waals surface area contributed by atoms with Gasteiger partial charge in [-0.05, 0) is 42.5 Å². The lowest BCUT2D eigenvalue weighted by atomic mass is 10.1. The Morgan fingerprint density at radius 2 is 2.21 bits per heavy atom. The molecule has 1 heterocycles. The Morgan fingerprint density at radius 1 is 1.37 bits per heavy atom. The summed E-state index contributed by atoms with van der Waals surface area (Å²) in [5, 5.41) is 5.64. The maximum Gasteiger partial charge on any atom is 0.357 e. The van der Waals surface area contributed by atoms with Crippen LogP contribution in [0.1, 0.15) is 28.0 Å². The van der Waals surface area contributed by atoms with E-state index >= 15 is 0 Å². The Kier molecular flexibility index (Phi) is 3.21. The molecule has 5 heteroatoms. The van der Waals surface area contributed by atoms with E-state index in [0.29, 0.717) is 10.8 Å². The Balaban J connectivity index is 1.78. The van der Waals surface area contributed by atoms with Gasteiger partial charge < -0.3 is 10.1 Å². The van der Waals surface area contributed by atoms with E-state index in [4.69, 9.17) is 0 Å². The van der Waals surface area contributed by atoms with Gasteiger partial charge in [-0.25, -0.2) is 9.78 Å². The van der Waals surface area contributed by atoms with Crippen LogP contribution in [0.5, 0.6) is 0 Å². The minimum absolute atomic E-state index is 0.344. The third kappa shape index (κ3) is 2.46. The Morgan fingerprint density at radius 3 is 3.05 bits per heavy atom. The van der Waals surface area contributed by atoms with Gasteiger partial charge in [0.25, 0.3) is 0 Å². The first-order chi connectivity index (χ1) is 9.26. The summed E-state index contributed by atoms with van der Waals surface area (Å²) in [7, 11) is 1.36. The first-order valence-corrected chi connectivity index (χ1v) is 7.07. The van der Waals surface area contributed by atoms with Crippen LogP contribution in [0, 0.1) is 0 Å². The number of esters is 1. The monoisotopic (exact) mass is 274 g/mol. The molecule has 3 rings (SSSR count). The number of aryl methyl sites for hydroxylation is 2. The fourth-order valence-corrected chi connectivity index (χ4v) is 3.00. The summed E-state index contributed by atoms with van der Waals surface area (Å²) in [6.45, 7) is 0. The van der Waals surface area contributed by atoms with E-state index in [-0.39, 0.29) is 0 Å². The highest BCUT2D eigenvalue weighted by molar-refractivity contribution is 7.14. The van der Waals surface area contributed by atoms with Crippen molar-refractivity contribution >= 4 is 28.1 Å². The van der Waals surface area contributed by atoms with Gasteiger partial charge in [0, 0.05) is 11.1 Å². The summed E-state index contributed by atoms with van der Waals surface area (Å²) < 4.78 is 4.64. The van der Waals surface area contributed by atoms with E-state index in [0.717, 1.165) is 12.1 Å². The molecule has 0 radical (unpaired) electrons. The maximum atomic E-state index is 11.3. The average molecular weight is 274 g/mol. The second kappa shape index (κ2) is 5.01. The number of hydrogen-bond acceptors (Lipinski definition) is 5. The fraction of sp³-hybridized carbons (Fsp3) is 0.286. The number of rotatable bonds is 3. The molecule has 0 bridgehead atoms. The molecule has 1 aromatic heterocycles. The quantitative estimate of drug-likeness (QED) is 0.873. The van der Waals surface area contributed by atoms with Gasteiger partial charge in [-0.15, -0.1) is 11.3 Å². The second-order valence-electron chi connectivity index (χ2n) is 4.49. The highest BCUT2D eigenvalue weighted by Crippen LogP contribution is 2.27. The van der Waals surface area contributed by atoms with Gasteiger partial charge in [-0.3, -0.25) is 0 Å². The Bertz CT molecular complexity index is 622. The molecular formula is C14H14N2O2S. The number of ether oxygens (including phenoxy) is 1. The third-order valence-corrected chi connectivity index (χ3v) is 4.01. The van der Waals surface area contributed by atoms with Gasteiger partial charge >= 0.3 is 5.97 Å². The van der Waals surface area contributed by atoms with E-state index in [1.165, 1.54) is 42.4 Å². The number of thiazole rings is 1. The van der Waals surface area contributed by atoms with E-state index in [2.05, 4.69) is 33.2 Å². The first-order valence-electron chi connectivity index (χ1n) is 6.19. The molecule has 0 spiro atoms. The number of carbonyl (C=O) groups is 1. The van der Waals surface area contributed by atoms with E-state index in [1.54, 1.807) is 5.38 Å². The van der Waals surface area contributed by atoms with Crippen molar-refractivity contribution in [2.24, 2.45) is 0 Å². The summed E-state index contributed by atoms with van der Waals surface area (Å²) in [6, 6.07) is 6.39. The van der Waals surface area contributed by atoms with Crippen LogP contribution >= 0.6 is 11.3 Å². The summed E-state index contributed by atoms with van der Waals surface area (Å²) in [5.74, 6) is -0.404. The molecule has 0 amide bonds. The second-order valence-corrected chi connectivity index (χ2v) is 5.35. The summed E-state index contributed by atoms with van der Waals surface area (Å²) in [4.78, 5) is 15.5. The minimum Gasteiger partial charge on any atom is -0.464 e. The number of anilines is 2. The highest BCUT2D eigenvalue weighted by atomic mass is 32.1. The van der Waals surface area contributed by atoms with Crippen LogP contribution < -0.4 is 5.32 Å². The van der Waals surface area contributed by atoms with Crippen molar-refractivity contribution in [3.05, 3.63) is 40.4 Å². The van der Waals surface area contributed by atoms with Gasteiger partial charge in [0.2, 0.25) is 0 Å². The van der Waals surface area contributed by atoms with Crippen LogP contribution in [0.3, 0.4) is 0 Å². The van der Waals surface area contributed by atoms with Crippen LogP contribution in [-0.2, 0) is 17.6 Å². The van der Waals surface area contributed by atoms with E-state index in [1.807, 2.05) is 0 Å². The molecule has 0 fully saturated rings. The molecule has 98 valence electrons. The summed E-state index contributed by atoms with van der Waals surface area (Å²) in [6.07, 6.45) is 3.57. The van der Waals surface area contributed by atoms with Crippen LogP contribution in [0.25, 0.3) is 0 Å². The summed E-state index contributed by atoms with van der Waals surface area (Å²) >= 11 is 1.40. The van der Waals surface area contributed by atoms with E-state index < -0.39 is 5.97 Å². The lowest BCUT2D eigenvalue weighted by molar-refractivity contribution is 0.0595. The molecule has 0 saturated carbocycles. The number of carbonyl (C=O) groups excluding carboxylic acids is 1. The standard InChI is InChI=1S/C14H14N2O2S/c1-18-13(17)12-8-19-14(16-12)15-11-6-5-9-3-2-4-10(9)7-11/h5-8H,2-4H2,1H3,(H,15,16). The van der Waals surface area contributed by atoms with Crippen molar-refractivity contribution < 1.29 is 9.53 Å². The molecule has 4 nitrogen and oxygen atoms in total. The third-order valence-electron chi connectivity index (χ3n) is 3.25. The zero-order chi connectivity index (χ0) is 13.2. The number of methoxy groups -OCH3 is 1. The van der Waals surface area contributed by atoms with Gasteiger partial charge in [0.1, 0.15) is 0 Å². The predicted octanol–water partition coefficient (Wildman–Crippen LogP) is 3.16. The minimum atomic E-state index is -0.404. The molecule has 1 aromatic carbocycles. The predicted molar refractivity (Wildman–Crippen MR) is 75.2 cm³/mol. The largest absolute Gasteiger partial charge is 0.464 e. The molecule has 1 aliphatic carbocycles. The van der Waals surface area contributed by atoms with Gasteiger partial charge in [0.15, 0.2) is 10.8 Å². The maximum absolute atomic E-state index is 11.3. The SMILES string of the molecule is COC(=O)c1csc(Nc2ccc3c(c2)CCC3)n1. The fourth-order valence-electron chi connectivity index (χ4n) is 2.30. The van der Waals surface area contributed by atoms with Crippen LogP contribution in [-0.4, -0.2) is 18.1 Å². The van der Waals surface area contributed by atoms with Crippen LogP contribution in [0.15, 0.2) is 23.6 Å². The molecule has 1 aliphatic rings. The molecule has 0 unspecified atom stereocenters. The Labute approximate surface area is 115 Å². The van der Waals surface area contributed by atoms with E-state index in [9.17, 15) is 4.79 Å². The lowest BCUT2D eigenvalue weighted by Crippen LogP contribution is -2.01. The van der Waals surface area contributed by atoms with Gasteiger partial charge in [-0.2, -0.15) is 0 Å². The van der Waals surface area contributed by atoms with Crippen molar-refractivity contribution in [1.82, 2.24) is 4.98 Å². The number of benzene rings is 1. The number of nitrogens with zero attached hydrogens (tertiary/aromatic N) is 1.